The van der Waals surface area contributed by atoms with Crippen molar-refractivity contribution >= 4 is 5.91 Å². The molecule has 0 aliphatic rings. The van der Waals surface area contributed by atoms with E-state index in [1.165, 1.54) is 0 Å². The van der Waals surface area contributed by atoms with Crippen molar-refractivity contribution in [1.82, 2.24) is 20.0 Å². The van der Waals surface area contributed by atoms with Crippen molar-refractivity contribution in [3.05, 3.63) is 66.1 Å². The predicted molar refractivity (Wildman–Crippen MR) is 85.3 cm³/mol. The number of benzene rings is 1. The fraction of sp³-hybridized carbons (Fsp3) is 0.235. The molecule has 0 saturated carbocycles. The number of rotatable bonds is 5. The van der Waals surface area contributed by atoms with Gasteiger partial charge in [0.15, 0.2) is 0 Å². The highest BCUT2D eigenvalue weighted by Gasteiger charge is 2.15. The highest BCUT2D eigenvalue weighted by atomic mass is 16.5. The smallest absolute Gasteiger partial charge is 0.290 e. The zero-order chi connectivity index (χ0) is 16.2. The van der Waals surface area contributed by atoms with Gasteiger partial charge in [-0.05, 0) is 17.5 Å². The van der Waals surface area contributed by atoms with E-state index in [1.54, 1.807) is 18.6 Å². The van der Waals surface area contributed by atoms with E-state index in [1.807, 2.05) is 48.9 Å². The van der Waals surface area contributed by atoms with E-state index in [2.05, 4.69) is 15.5 Å². The van der Waals surface area contributed by atoms with Gasteiger partial charge in [-0.25, -0.2) is 4.98 Å². The quantitative estimate of drug-likeness (QED) is 0.786. The molecule has 0 radical (unpaired) electrons. The first-order chi connectivity index (χ1) is 11.1. The first-order valence-corrected chi connectivity index (χ1v) is 7.46. The van der Waals surface area contributed by atoms with Crippen molar-refractivity contribution in [2.24, 2.45) is 0 Å². The van der Waals surface area contributed by atoms with Gasteiger partial charge < -0.3 is 14.4 Å². The van der Waals surface area contributed by atoms with Crippen LogP contribution in [0.1, 0.15) is 41.6 Å². The van der Waals surface area contributed by atoms with Crippen molar-refractivity contribution in [2.75, 3.05) is 0 Å². The summed E-state index contributed by atoms with van der Waals surface area (Å²) in [5, 5.41) is 6.77. The van der Waals surface area contributed by atoms with Crippen LogP contribution in [0.15, 0.2) is 53.6 Å². The van der Waals surface area contributed by atoms with Crippen LogP contribution in [0.5, 0.6) is 0 Å². The van der Waals surface area contributed by atoms with Gasteiger partial charge in [-0.15, -0.1) is 0 Å². The standard InChI is InChI=1S/C17H18N4O2/c1-12(2)14-9-16(23-20-14)17(22)19-10-13-5-3-4-6-15(13)21-8-7-18-11-21/h3-9,11-12H,10H2,1-2H3,(H,19,22). The van der Waals surface area contributed by atoms with E-state index >= 15 is 0 Å². The number of aromatic nitrogens is 3. The summed E-state index contributed by atoms with van der Waals surface area (Å²) < 4.78 is 7.01. The second-order valence-corrected chi connectivity index (χ2v) is 5.55. The molecule has 0 spiro atoms. The molecule has 2 aromatic heterocycles. The molecule has 0 unspecified atom stereocenters. The second kappa shape index (κ2) is 6.48. The van der Waals surface area contributed by atoms with Gasteiger partial charge in [0.05, 0.1) is 17.7 Å². The van der Waals surface area contributed by atoms with Crippen LogP contribution >= 0.6 is 0 Å². The van der Waals surface area contributed by atoms with E-state index in [-0.39, 0.29) is 17.6 Å². The molecular formula is C17H18N4O2. The third-order valence-corrected chi connectivity index (χ3v) is 3.56. The summed E-state index contributed by atoms with van der Waals surface area (Å²) in [5.74, 6) is 0.181. The summed E-state index contributed by atoms with van der Waals surface area (Å²) in [6.07, 6.45) is 5.31. The SMILES string of the molecule is CC(C)c1cc(C(=O)NCc2ccccc2-n2ccnc2)on1. The van der Waals surface area contributed by atoms with Gasteiger partial charge in [0.25, 0.3) is 5.91 Å². The van der Waals surface area contributed by atoms with Gasteiger partial charge in [-0.3, -0.25) is 4.79 Å². The van der Waals surface area contributed by atoms with Gasteiger partial charge in [-0.1, -0.05) is 37.2 Å². The van der Waals surface area contributed by atoms with Crippen LogP contribution in [-0.2, 0) is 6.54 Å². The molecule has 1 aromatic carbocycles. The number of nitrogens with one attached hydrogen (secondary N) is 1. The van der Waals surface area contributed by atoms with Crippen LogP contribution < -0.4 is 5.32 Å². The molecule has 1 N–H and O–H groups in total. The lowest BCUT2D eigenvalue weighted by molar-refractivity contribution is 0.0914. The van der Waals surface area contributed by atoms with Crippen molar-refractivity contribution < 1.29 is 9.32 Å². The minimum atomic E-state index is -0.273. The van der Waals surface area contributed by atoms with E-state index in [9.17, 15) is 4.79 Å². The Morgan fingerprint density at radius 2 is 2.17 bits per heavy atom. The summed E-state index contributed by atoms with van der Waals surface area (Å²) in [7, 11) is 0. The average Bonchev–Trinajstić information content (AvgIpc) is 3.24. The lowest BCUT2D eigenvalue weighted by atomic mass is 10.1. The second-order valence-electron chi connectivity index (χ2n) is 5.55. The highest BCUT2D eigenvalue weighted by molar-refractivity contribution is 5.91. The lowest BCUT2D eigenvalue weighted by Gasteiger charge is -2.10. The maximum absolute atomic E-state index is 12.2. The Morgan fingerprint density at radius 1 is 1.35 bits per heavy atom. The molecule has 2 heterocycles. The predicted octanol–water partition coefficient (Wildman–Crippen LogP) is 2.91. The molecule has 6 nitrogen and oxygen atoms in total. The minimum absolute atomic E-state index is 0.224. The molecule has 1 amide bonds. The molecule has 3 rings (SSSR count). The monoisotopic (exact) mass is 310 g/mol. The molecule has 0 saturated heterocycles. The fourth-order valence-corrected chi connectivity index (χ4v) is 2.24. The van der Waals surface area contributed by atoms with Crippen LogP contribution in [0.3, 0.4) is 0 Å². The number of hydrogen-bond acceptors (Lipinski definition) is 4. The summed E-state index contributed by atoms with van der Waals surface area (Å²) in [6.45, 7) is 4.40. The summed E-state index contributed by atoms with van der Waals surface area (Å²) in [6, 6.07) is 9.52. The van der Waals surface area contributed by atoms with E-state index < -0.39 is 0 Å². The lowest BCUT2D eigenvalue weighted by Crippen LogP contribution is -2.23. The van der Waals surface area contributed by atoms with E-state index in [0.29, 0.717) is 6.54 Å². The number of carbonyl (C=O) groups excluding carboxylic acids is 1. The van der Waals surface area contributed by atoms with Gasteiger partial charge in [-0.2, -0.15) is 0 Å². The average molecular weight is 310 g/mol. The number of nitrogens with zero attached hydrogens (tertiary/aromatic N) is 3. The molecule has 0 aliphatic carbocycles. The Morgan fingerprint density at radius 3 is 2.87 bits per heavy atom. The summed E-state index contributed by atoms with van der Waals surface area (Å²) >= 11 is 0. The van der Waals surface area contributed by atoms with Crippen molar-refractivity contribution in [2.45, 2.75) is 26.3 Å². The van der Waals surface area contributed by atoms with E-state index in [0.717, 1.165) is 16.9 Å². The van der Waals surface area contributed by atoms with Crippen molar-refractivity contribution in [3.8, 4) is 5.69 Å². The summed E-state index contributed by atoms with van der Waals surface area (Å²) in [4.78, 5) is 16.2. The van der Waals surface area contributed by atoms with Crippen LogP contribution in [0.25, 0.3) is 5.69 Å². The summed E-state index contributed by atoms with van der Waals surface area (Å²) in [5.41, 5.74) is 2.74. The Balaban J connectivity index is 1.72. The topological polar surface area (TPSA) is 73.0 Å². The normalized spacial score (nSPS) is 10.9. The Labute approximate surface area is 134 Å². The molecule has 23 heavy (non-hydrogen) atoms. The molecule has 0 bridgehead atoms. The molecule has 118 valence electrons. The molecule has 0 aliphatic heterocycles. The van der Waals surface area contributed by atoms with E-state index in [4.69, 9.17) is 4.52 Å². The third kappa shape index (κ3) is 3.31. The Kier molecular flexibility index (Phi) is 4.23. The van der Waals surface area contributed by atoms with Gasteiger partial charge in [0.2, 0.25) is 5.76 Å². The van der Waals surface area contributed by atoms with Crippen LogP contribution in [0.2, 0.25) is 0 Å². The third-order valence-electron chi connectivity index (χ3n) is 3.56. The van der Waals surface area contributed by atoms with Gasteiger partial charge >= 0.3 is 0 Å². The zero-order valence-electron chi connectivity index (χ0n) is 13.1. The maximum atomic E-state index is 12.2. The van der Waals surface area contributed by atoms with Gasteiger partial charge in [0, 0.05) is 25.0 Å². The fourth-order valence-electron chi connectivity index (χ4n) is 2.24. The minimum Gasteiger partial charge on any atom is -0.351 e. The van der Waals surface area contributed by atoms with Crippen LogP contribution in [0.4, 0.5) is 0 Å². The van der Waals surface area contributed by atoms with Crippen LogP contribution in [-0.4, -0.2) is 20.6 Å². The molecule has 3 aromatic rings. The number of hydrogen-bond donors (Lipinski definition) is 1. The zero-order valence-corrected chi connectivity index (χ0v) is 13.1. The largest absolute Gasteiger partial charge is 0.351 e. The number of carbonyl (C=O) groups is 1. The molecule has 0 fully saturated rings. The maximum Gasteiger partial charge on any atom is 0.290 e. The van der Waals surface area contributed by atoms with Crippen molar-refractivity contribution in [3.63, 3.8) is 0 Å². The van der Waals surface area contributed by atoms with Crippen molar-refractivity contribution in [1.29, 1.82) is 0 Å². The highest BCUT2D eigenvalue weighted by Crippen LogP contribution is 2.16. The first kappa shape index (κ1) is 15.0. The Hall–Kier alpha value is -2.89. The Bertz CT molecular complexity index is 791. The number of para-hydroxylation sites is 1. The molecule has 6 heteroatoms. The first-order valence-electron chi connectivity index (χ1n) is 7.46. The number of imidazole rings is 1. The molecule has 0 atom stereocenters. The molecular weight excluding hydrogens is 292 g/mol. The number of amides is 1. The van der Waals surface area contributed by atoms with Gasteiger partial charge in [0.1, 0.15) is 0 Å². The van der Waals surface area contributed by atoms with Crippen LogP contribution in [0, 0.1) is 0 Å².